The highest BCUT2D eigenvalue weighted by molar-refractivity contribution is 5.89. The lowest BCUT2D eigenvalue weighted by Crippen LogP contribution is -2.47. The van der Waals surface area contributed by atoms with Crippen LogP contribution >= 0.6 is 0 Å². The molecule has 0 spiro atoms. The van der Waals surface area contributed by atoms with Crippen molar-refractivity contribution < 1.29 is 9.53 Å². The second kappa shape index (κ2) is 8.54. The molecule has 2 saturated heterocycles. The molecule has 2 fully saturated rings. The molecule has 2 amide bonds. The number of carbonyl (C=O) groups is 1. The van der Waals surface area contributed by atoms with Gasteiger partial charge in [0.2, 0.25) is 0 Å². The molecule has 1 unspecified atom stereocenters. The first-order valence-electron chi connectivity index (χ1n) is 9.77. The van der Waals surface area contributed by atoms with Gasteiger partial charge in [0.25, 0.3) is 0 Å². The van der Waals surface area contributed by atoms with E-state index < -0.39 is 0 Å². The summed E-state index contributed by atoms with van der Waals surface area (Å²) in [5.74, 6) is 0. The topological polar surface area (TPSA) is 82.3 Å². The maximum Gasteiger partial charge on any atom is 0.319 e. The predicted octanol–water partition coefficient (Wildman–Crippen LogP) is 2.84. The molecular formula is C20H27N5O2. The summed E-state index contributed by atoms with van der Waals surface area (Å²) in [6.07, 6.45) is 6.46. The van der Waals surface area contributed by atoms with Crippen molar-refractivity contribution in [2.24, 2.45) is 0 Å². The molecule has 2 aliphatic heterocycles. The fourth-order valence-electron chi connectivity index (χ4n) is 3.84. The summed E-state index contributed by atoms with van der Waals surface area (Å²) < 4.78 is 5.72. The van der Waals surface area contributed by atoms with Crippen molar-refractivity contribution in [3.8, 4) is 11.3 Å². The van der Waals surface area contributed by atoms with Crippen molar-refractivity contribution in [3.05, 3.63) is 36.5 Å². The number of hydrogen-bond acceptors (Lipinski definition) is 4. The van der Waals surface area contributed by atoms with E-state index in [1.807, 2.05) is 30.3 Å². The molecule has 27 heavy (non-hydrogen) atoms. The molecule has 3 heterocycles. The summed E-state index contributed by atoms with van der Waals surface area (Å²) in [6, 6.07) is 9.75. The molecule has 0 radical (unpaired) electrons. The Morgan fingerprint density at radius 2 is 2.00 bits per heavy atom. The van der Waals surface area contributed by atoms with Gasteiger partial charge in [-0.05, 0) is 49.4 Å². The fourth-order valence-corrected chi connectivity index (χ4v) is 3.84. The molecule has 3 N–H and O–H groups in total. The second-order valence-electron chi connectivity index (χ2n) is 7.36. The zero-order chi connectivity index (χ0) is 18.5. The van der Waals surface area contributed by atoms with Crippen LogP contribution in [0.15, 0.2) is 36.5 Å². The number of aromatic nitrogens is 2. The van der Waals surface area contributed by atoms with E-state index >= 15 is 0 Å². The number of benzene rings is 1. The highest BCUT2D eigenvalue weighted by Crippen LogP contribution is 2.19. The lowest BCUT2D eigenvalue weighted by Gasteiger charge is -2.33. The van der Waals surface area contributed by atoms with E-state index in [0.29, 0.717) is 6.10 Å². The van der Waals surface area contributed by atoms with Crippen LogP contribution in [0.1, 0.15) is 25.7 Å². The van der Waals surface area contributed by atoms with Crippen LogP contribution in [0.2, 0.25) is 0 Å². The number of likely N-dealkylation sites (tertiary alicyclic amines) is 1. The average molecular weight is 369 g/mol. The number of ether oxygens (including phenoxy) is 1. The highest BCUT2D eigenvalue weighted by atomic mass is 16.5. The summed E-state index contributed by atoms with van der Waals surface area (Å²) in [6.45, 7) is 3.97. The molecule has 0 bridgehead atoms. The summed E-state index contributed by atoms with van der Waals surface area (Å²) in [4.78, 5) is 14.7. The number of piperidine rings is 1. The van der Waals surface area contributed by atoms with E-state index in [9.17, 15) is 4.79 Å². The van der Waals surface area contributed by atoms with E-state index in [0.717, 1.165) is 56.0 Å². The first-order chi connectivity index (χ1) is 13.3. The molecule has 0 aliphatic carbocycles. The zero-order valence-electron chi connectivity index (χ0n) is 15.5. The number of aromatic amines is 1. The number of nitrogens with zero attached hydrogens (tertiary/aromatic N) is 2. The molecule has 144 valence electrons. The van der Waals surface area contributed by atoms with Crippen LogP contribution in [0, 0.1) is 0 Å². The molecule has 4 rings (SSSR count). The molecule has 1 atom stereocenters. The minimum absolute atomic E-state index is 0.137. The monoisotopic (exact) mass is 369 g/mol. The largest absolute Gasteiger partial charge is 0.377 e. The van der Waals surface area contributed by atoms with Crippen LogP contribution in [0.5, 0.6) is 0 Å². The molecule has 1 aromatic carbocycles. The van der Waals surface area contributed by atoms with E-state index in [-0.39, 0.29) is 12.1 Å². The summed E-state index contributed by atoms with van der Waals surface area (Å²) in [5.41, 5.74) is 2.78. The van der Waals surface area contributed by atoms with Gasteiger partial charge in [-0.25, -0.2) is 4.79 Å². The van der Waals surface area contributed by atoms with Crippen molar-refractivity contribution in [2.45, 2.75) is 37.8 Å². The van der Waals surface area contributed by atoms with E-state index in [2.05, 4.69) is 25.7 Å². The van der Waals surface area contributed by atoms with Gasteiger partial charge in [-0.1, -0.05) is 12.1 Å². The van der Waals surface area contributed by atoms with Gasteiger partial charge in [0, 0.05) is 44.2 Å². The van der Waals surface area contributed by atoms with Crippen molar-refractivity contribution >= 4 is 11.7 Å². The number of H-pyrrole nitrogens is 1. The molecule has 7 nitrogen and oxygen atoms in total. The Morgan fingerprint density at radius 3 is 2.67 bits per heavy atom. The third-order valence-electron chi connectivity index (χ3n) is 5.36. The number of urea groups is 1. The SMILES string of the molecule is O=C(Nc1ccc(-c2ccn[nH]2)cc1)NC1CCN(CC2CCCO2)CC1. The standard InChI is InChI=1S/C20H27N5O2/c26-20(22-16-5-3-15(4-6-16)19-7-10-21-24-19)23-17-8-11-25(12-9-17)14-18-2-1-13-27-18/h3-7,10,17-18H,1-2,8-9,11-14H2,(H,21,24)(H2,22,23,26). The predicted molar refractivity (Wildman–Crippen MR) is 105 cm³/mol. The van der Waals surface area contributed by atoms with Crippen molar-refractivity contribution in [1.82, 2.24) is 20.4 Å². The maximum absolute atomic E-state index is 12.3. The van der Waals surface area contributed by atoms with Crippen LogP contribution in [0.3, 0.4) is 0 Å². The Labute approximate surface area is 159 Å². The Bertz CT molecular complexity index is 717. The molecular weight excluding hydrogens is 342 g/mol. The molecule has 2 aromatic rings. The van der Waals surface area contributed by atoms with E-state index in [1.54, 1.807) is 6.20 Å². The van der Waals surface area contributed by atoms with Crippen LogP contribution < -0.4 is 10.6 Å². The van der Waals surface area contributed by atoms with Gasteiger partial charge < -0.3 is 20.3 Å². The lowest BCUT2D eigenvalue weighted by atomic mass is 10.0. The Kier molecular flexibility index (Phi) is 5.69. The zero-order valence-corrected chi connectivity index (χ0v) is 15.5. The Balaban J connectivity index is 1.20. The highest BCUT2D eigenvalue weighted by Gasteiger charge is 2.24. The molecule has 0 saturated carbocycles. The van der Waals surface area contributed by atoms with Crippen LogP contribution in [0.4, 0.5) is 10.5 Å². The van der Waals surface area contributed by atoms with Gasteiger partial charge >= 0.3 is 6.03 Å². The van der Waals surface area contributed by atoms with Gasteiger partial charge in [-0.15, -0.1) is 0 Å². The van der Waals surface area contributed by atoms with E-state index in [4.69, 9.17) is 4.74 Å². The van der Waals surface area contributed by atoms with Crippen molar-refractivity contribution in [2.75, 3.05) is 31.6 Å². The molecule has 1 aromatic heterocycles. The number of nitrogens with one attached hydrogen (secondary N) is 3. The first kappa shape index (κ1) is 18.0. The van der Waals surface area contributed by atoms with Crippen molar-refractivity contribution in [3.63, 3.8) is 0 Å². The van der Waals surface area contributed by atoms with Crippen molar-refractivity contribution in [1.29, 1.82) is 0 Å². The summed E-state index contributed by atoms with van der Waals surface area (Å²) >= 11 is 0. The van der Waals surface area contributed by atoms with E-state index in [1.165, 1.54) is 12.8 Å². The second-order valence-corrected chi connectivity index (χ2v) is 7.36. The third kappa shape index (κ3) is 4.87. The normalized spacial score (nSPS) is 21.3. The molecule has 7 heteroatoms. The number of anilines is 1. The Hall–Kier alpha value is -2.38. The fraction of sp³-hybridized carbons (Fsp3) is 0.500. The lowest BCUT2D eigenvalue weighted by molar-refractivity contribution is 0.0633. The number of hydrogen-bond donors (Lipinski definition) is 3. The summed E-state index contributed by atoms with van der Waals surface area (Å²) in [5, 5.41) is 12.9. The average Bonchev–Trinajstić information content (AvgIpc) is 3.38. The minimum atomic E-state index is -0.137. The van der Waals surface area contributed by atoms with Crippen LogP contribution in [-0.2, 0) is 4.74 Å². The first-order valence-corrected chi connectivity index (χ1v) is 9.77. The van der Waals surface area contributed by atoms with Gasteiger partial charge in [0.1, 0.15) is 0 Å². The number of carbonyl (C=O) groups excluding carboxylic acids is 1. The number of rotatable bonds is 5. The number of amides is 2. The van der Waals surface area contributed by atoms with Gasteiger partial charge in [0.05, 0.1) is 11.8 Å². The van der Waals surface area contributed by atoms with Gasteiger partial charge in [-0.3, -0.25) is 5.10 Å². The van der Waals surface area contributed by atoms with Crippen LogP contribution in [-0.4, -0.2) is 59.5 Å². The van der Waals surface area contributed by atoms with Crippen LogP contribution in [0.25, 0.3) is 11.3 Å². The minimum Gasteiger partial charge on any atom is -0.377 e. The third-order valence-corrected chi connectivity index (χ3v) is 5.36. The Morgan fingerprint density at radius 1 is 1.19 bits per heavy atom. The van der Waals surface area contributed by atoms with Gasteiger partial charge in [0.15, 0.2) is 0 Å². The summed E-state index contributed by atoms with van der Waals surface area (Å²) in [7, 11) is 0. The molecule has 2 aliphatic rings. The quantitative estimate of drug-likeness (QED) is 0.757. The van der Waals surface area contributed by atoms with Gasteiger partial charge in [-0.2, -0.15) is 5.10 Å². The maximum atomic E-state index is 12.3. The smallest absolute Gasteiger partial charge is 0.319 e.